The molecule has 1 saturated carbocycles. The number of hydrogen-bond donors (Lipinski definition) is 1. The Morgan fingerprint density at radius 3 is 2.65 bits per heavy atom. The van der Waals surface area contributed by atoms with Gasteiger partial charge in [0.25, 0.3) is 0 Å². The molecule has 3 nitrogen and oxygen atoms in total. The van der Waals surface area contributed by atoms with E-state index in [1.165, 1.54) is 44.5 Å². The summed E-state index contributed by atoms with van der Waals surface area (Å²) in [4.78, 5) is 7.20. The van der Waals surface area contributed by atoms with E-state index < -0.39 is 0 Å². The minimum atomic E-state index is 0.349. The third-order valence-electron chi connectivity index (χ3n) is 5.01. The highest BCUT2D eigenvalue weighted by Gasteiger charge is 2.36. The Morgan fingerprint density at radius 2 is 2.05 bits per heavy atom. The summed E-state index contributed by atoms with van der Waals surface area (Å²) < 4.78 is 0. The molecule has 2 fully saturated rings. The summed E-state index contributed by atoms with van der Waals surface area (Å²) in [6.07, 6.45) is 7.55. The van der Waals surface area contributed by atoms with Gasteiger partial charge in [0.2, 0.25) is 0 Å². The zero-order valence-electron chi connectivity index (χ0n) is 12.8. The second kappa shape index (κ2) is 6.13. The second-order valence-electron chi connectivity index (χ2n) is 6.47. The lowest BCUT2D eigenvalue weighted by molar-refractivity contribution is 0.494. The first-order chi connectivity index (χ1) is 9.78. The van der Waals surface area contributed by atoms with E-state index in [0.29, 0.717) is 6.04 Å². The lowest BCUT2D eigenvalue weighted by Gasteiger charge is -2.20. The average Bonchev–Trinajstić information content (AvgIpc) is 3.06. The Kier molecular flexibility index (Phi) is 4.25. The van der Waals surface area contributed by atoms with Crippen LogP contribution in [-0.2, 0) is 0 Å². The third kappa shape index (κ3) is 2.83. The Morgan fingerprint density at radius 1 is 1.30 bits per heavy atom. The SMILES string of the molecule is CCCNC(C)c1ccc(N2CC3CCCC3C2)cn1. The van der Waals surface area contributed by atoms with Crippen LogP contribution in [0.2, 0.25) is 0 Å². The molecule has 20 heavy (non-hydrogen) atoms. The van der Waals surface area contributed by atoms with E-state index in [-0.39, 0.29) is 0 Å². The van der Waals surface area contributed by atoms with Gasteiger partial charge in [-0.25, -0.2) is 0 Å². The summed E-state index contributed by atoms with van der Waals surface area (Å²) in [5, 5.41) is 3.49. The normalized spacial score (nSPS) is 26.8. The van der Waals surface area contributed by atoms with Crippen LogP contribution in [0.15, 0.2) is 18.3 Å². The van der Waals surface area contributed by atoms with Crippen LogP contribution in [-0.4, -0.2) is 24.6 Å². The second-order valence-corrected chi connectivity index (χ2v) is 6.47. The van der Waals surface area contributed by atoms with Gasteiger partial charge in [-0.15, -0.1) is 0 Å². The summed E-state index contributed by atoms with van der Waals surface area (Å²) in [5.74, 6) is 1.89. The molecule has 1 aromatic heterocycles. The van der Waals surface area contributed by atoms with Crippen molar-refractivity contribution in [2.45, 2.75) is 45.6 Å². The molecular formula is C17H27N3. The average molecular weight is 273 g/mol. The van der Waals surface area contributed by atoms with E-state index in [9.17, 15) is 0 Å². The Balaban J connectivity index is 1.61. The van der Waals surface area contributed by atoms with E-state index >= 15 is 0 Å². The largest absolute Gasteiger partial charge is 0.370 e. The van der Waals surface area contributed by atoms with Crippen molar-refractivity contribution in [3.8, 4) is 0 Å². The summed E-state index contributed by atoms with van der Waals surface area (Å²) in [5.41, 5.74) is 2.47. The van der Waals surface area contributed by atoms with Gasteiger partial charge in [-0.1, -0.05) is 13.3 Å². The van der Waals surface area contributed by atoms with Gasteiger partial charge in [0.15, 0.2) is 0 Å². The van der Waals surface area contributed by atoms with Crippen LogP contribution in [0.5, 0.6) is 0 Å². The summed E-state index contributed by atoms with van der Waals surface area (Å²) in [6, 6.07) is 4.80. The zero-order chi connectivity index (χ0) is 13.9. The van der Waals surface area contributed by atoms with Crippen molar-refractivity contribution < 1.29 is 0 Å². The van der Waals surface area contributed by atoms with Crippen LogP contribution in [0, 0.1) is 11.8 Å². The van der Waals surface area contributed by atoms with Crippen LogP contribution in [0.3, 0.4) is 0 Å². The van der Waals surface area contributed by atoms with Crippen LogP contribution < -0.4 is 10.2 Å². The summed E-state index contributed by atoms with van der Waals surface area (Å²) in [6.45, 7) is 7.93. The van der Waals surface area contributed by atoms with Crippen molar-refractivity contribution >= 4 is 5.69 Å². The first-order valence-electron chi connectivity index (χ1n) is 8.22. The Hall–Kier alpha value is -1.09. The quantitative estimate of drug-likeness (QED) is 0.891. The van der Waals surface area contributed by atoms with E-state index in [1.54, 1.807) is 0 Å². The van der Waals surface area contributed by atoms with Crippen LogP contribution in [0.1, 0.15) is 51.3 Å². The van der Waals surface area contributed by atoms with Crippen molar-refractivity contribution in [1.29, 1.82) is 0 Å². The maximum Gasteiger partial charge on any atom is 0.0572 e. The van der Waals surface area contributed by atoms with Crippen molar-refractivity contribution in [3.05, 3.63) is 24.0 Å². The molecule has 1 aliphatic carbocycles. The standard InChI is InChI=1S/C17H27N3/c1-3-9-18-13(2)17-8-7-16(10-19-17)20-11-14-5-4-6-15(14)12-20/h7-8,10,13-15,18H,3-6,9,11-12H2,1-2H3. The molecule has 0 radical (unpaired) electrons. The van der Waals surface area contributed by atoms with E-state index in [0.717, 1.165) is 24.1 Å². The highest BCUT2D eigenvalue weighted by atomic mass is 15.2. The van der Waals surface area contributed by atoms with Gasteiger partial charge < -0.3 is 10.2 Å². The summed E-state index contributed by atoms with van der Waals surface area (Å²) >= 11 is 0. The van der Waals surface area contributed by atoms with Gasteiger partial charge in [-0.05, 0) is 56.7 Å². The molecule has 0 aromatic carbocycles. The smallest absolute Gasteiger partial charge is 0.0572 e. The molecule has 0 amide bonds. The molecule has 2 heterocycles. The van der Waals surface area contributed by atoms with Gasteiger partial charge in [-0.2, -0.15) is 0 Å². The fraction of sp³-hybridized carbons (Fsp3) is 0.706. The molecule has 0 bridgehead atoms. The molecule has 3 rings (SSSR count). The maximum atomic E-state index is 4.67. The van der Waals surface area contributed by atoms with E-state index in [1.807, 2.05) is 0 Å². The Bertz CT molecular complexity index is 416. The van der Waals surface area contributed by atoms with Crippen LogP contribution in [0.25, 0.3) is 0 Å². The molecule has 110 valence electrons. The zero-order valence-corrected chi connectivity index (χ0v) is 12.8. The van der Waals surface area contributed by atoms with Crippen molar-refractivity contribution in [2.24, 2.45) is 11.8 Å². The van der Waals surface area contributed by atoms with Crippen LogP contribution in [0.4, 0.5) is 5.69 Å². The van der Waals surface area contributed by atoms with Crippen molar-refractivity contribution in [1.82, 2.24) is 10.3 Å². The monoisotopic (exact) mass is 273 g/mol. The number of hydrogen-bond acceptors (Lipinski definition) is 3. The van der Waals surface area contributed by atoms with E-state index in [4.69, 9.17) is 0 Å². The molecular weight excluding hydrogens is 246 g/mol. The fourth-order valence-corrected chi connectivity index (χ4v) is 3.75. The minimum Gasteiger partial charge on any atom is -0.370 e. The molecule has 0 spiro atoms. The van der Waals surface area contributed by atoms with Crippen LogP contribution >= 0.6 is 0 Å². The number of rotatable bonds is 5. The lowest BCUT2D eigenvalue weighted by Crippen LogP contribution is -2.22. The first-order valence-corrected chi connectivity index (χ1v) is 8.22. The van der Waals surface area contributed by atoms with Gasteiger partial charge in [0, 0.05) is 19.1 Å². The highest BCUT2D eigenvalue weighted by molar-refractivity contribution is 5.46. The van der Waals surface area contributed by atoms with Gasteiger partial charge in [0.1, 0.15) is 0 Å². The van der Waals surface area contributed by atoms with E-state index in [2.05, 4.69) is 47.4 Å². The topological polar surface area (TPSA) is 28.2 Å². The molecule has 3 atom stereocenters. The van der Waals surface area contributed by atoms with Crippen molar-refractivity contribution in [2.75, 3.05) is 24.5 Å². The predicted octanol–water partition coefficient (Wildman–Crippen LogP) is 3.38. The Labute approximate surface area is 122 Å². The molecule has 3 heteroatoms. The first kappa shape index (κ1) is 13.9. The number of anilines is 1. The predicted molar refractivity (Wildman–Crippen MR) is 84.0 cm³/mol. The number of pyridine rings is 1. The summed E-state index contributed by atoms with van der Waals surface area (Å²) in [7, 11) is 0. The lowest BCUT2D eigenvalue weighted by atomic mass is 10.0. The molecule has 1 aromatic rings. The van der Waals surface area contributed by atoms with Gasteiger partial charge in [0.05, 0.1) is 17.6 Å². The molecule has 2 aliphatic rings. The molecule has 1 N–H and O–H groups in total. The third-order valence-corrected chi connectivity index (χ3v) is 5.01. The number of fused-ring (bicyclic) bond motifs is 1. The van der Waals surface area contributed by atoms with Gasteiger partial charge in [-0.3, -0.25) is 4.98 Å². The highest BCUT2D eigenvalue weighted by Crippen LogP contribution is 2.39. The number of nitrogens with zero attached hydrogens (tertiary/aromatic N) is 2. The number of aromatic nitrogens is 1. The number of nitrogens with one attached hydrogen (secondary N) is 1. The fourth-order valence-electron chi connectivity index (χ4n) is 3.75. The van der Waals surface area contributed by atoms with Crippen molar-refractivity contribution in [3.63, 3.8) is 0 Å². The molecule has 1 saturated heterocycles. The molecule has 1 aliphatic heterocycles. The van der Waals surface area contributed by atoms with Gasteiger partial charge >= 0.3 is 0 Å². The minimum absolute atomic E-state index is 0.349. The molecule has 3 unspecified atom stereocenters. The maximum absolute atomic E-state index is 4.67.